The molecule has 0 aliphatic heterocycles. The molecule has 0 fully saturated rings. The first-order chi connectivity index (χ1) is 12.9. The molecule has 2 aromatic carbocycles. The van der Waals surface area contributed by atoms with Crippen molar-refractivity contribution in [2.45, 2.75) is 0 Å². The van der Waals surface area contributed by atoms with E-state index in [-0.39, 0.29) is 18.4 Å². The highest BCUT2D eigenvalue weighted by molar-refractivity contribution is 6.00. The average Bonchev–Trinajstić information content (AvgIpc) is 2.66. The number of hydrogen-bond donors (Lipinski definition) is 5. The molecule has 142 valence electrons. The van der Waals surface area contributed by atoms with Crippen molar-refractivity contribution >= 4 is 28.9 Å². The number of para-hydroxylation sites is 1. The predicted molar refractivity (Wildman–Crippen MR) is 108 cm³/mol. The zero-order valence-corrected chi connectivity index (χ0v) is 15.3. The van der Waals surface area contributed by atoms with Gasteiger partial charge < -0.3 is 26.7 Å². The van der Waals surface area contributed by atoms with Gasteiger partial charge >= 0.3 is 0 Å². The Morgan fingerprint density at radius 2 is 1.74 bits per heavy atom. The summed E-state index contributed by atoms with van der Waals surface area (Å²) >= 11 is 0. The Morgan fingerprint density at radius 3 is 2.37 bits per heavy atom. The van der Waals surface area contributed by atoms with Crippen molar-refractivity contribution in [3.63, 3.8) is 0 Å². The number of hydrazine groups is 1. The Hall–Kier alpha value is -3.52. The fourth-order valence-electron chi connectivity index (χ4n) is 2.38. The van der Waals surface area contributed by atoms with Crippen LogP contribution in [0.1, 0.15) is 15.9 Å². The van der Waals surface area contributed by atoms with Crippen LogP contribution in [0, 0.1) is 0 Å². The highest BCUT2D eigenvalue weighted by atomic mass is 16.2. The van der Waals surface area contributed by atoms with E-state index in [1.807, 2.05) is 31.1 Å². The van der Waals surface area contributed by atoms with E-state index in [4.69, 9.17) is 11.6 Å². The highest BCUT2D eigenvalue weighted by Gasteiger charge is 2.11. The van der Waals surface area contributed by atoms with Gasteiger partial charge in [0.15, 0.2) is 0 Å². The average molecular weight is 368 g/mol. The number of nitrogens with two attached hydrogens (primary N) is 2. The van der Waals surface area contributed by atoms with Crippen LogP contribution in [-0.2, 0) is 4.79 Å². The monoisotopic (exact) mass is 368 g/mol. The van der Waals surface area contributed by atoms with Crippen LogP contribution in [0.25, 0.3) is 5.70 Å². The normalized spacial score (nSPS) is 10.9. The minimum atomic E-state index is -0.366. The Morgan fingerprint density at radius 1 is 1.07 bits per heavy atom. The summed E-state index contributed by atoms with van der Waals surface area (Å²) in [5, 5.41) is 5.33. The van der Waals surface area contributed by atoms with E-state index in [0.717, 1.165) is 5.69 Å². The van der Waals surface area contributed by atoms with Crippen molar-refractivity contribution in [1.82, 2.24) is 10.7 Å². The van der Waals surface area contributed by atoms with Crippen molar-refractivity contribution < 1.29 is 9.59 Å². The molecule has 8 heteroatoms. The van der Waals surface area contributed by atoms with Crippen LogP contribution in [0.4, 0.5) is 11.4 Å². The van der Waals surface area contributed by atoms with Gasteiger partial charge in [0.2, 0.25) is 5.91 Å². The van der Waals surface area contributed by atoms with Crippen molar-refractivity contribution in [1.29, 1.82) is 0 Å². The molecule has 0 aromatic heterocycles. The Balaban J connectivity index is 1.97. The predicted octanol–water partition coefficient (Wildman–Crippen LogP) is 0.842. The maximum Gasteiger partial charge on any atom is 0.251 e. The molecule has 8 nitrogen and oxygen atoms in total. The number of benzene rings is 2. The lowest BCUT2D eigenvalue weighted by atomic mass is 10.1. The lowest BCUT2D eigenvalue weighted by Gasteiger charge is -2.13. The molecule has 0 aliphatic carbocycles. The molecular weight excluding hydrogens is 344 g/mol. The molecule has 0 spiro atoms. The van der Waals surface area contributed by atoms with Crippen LogP contribution < -0.4 is 32.5 Å². The van der Waals surface area contributed by atoms with Gasteiger partial charge in [-0.3, -0.25) is 15.4 Å². The lowest BCUT2D eigenvalue weighted by Crippen LogP contribution is -2.33. The minimum absolute atomic E-state index is 0.165. The van der Waals surface area contributed by atoms with E-state index in [1.54, 1.807) is 36.4 Å². The Bertz CT molecular complexity index is 830. The molecule has 27 heavy (non-hydrogen) atoms. The fourth-order valence-corrected chi connectivity index (χ4v) is 2.38. The molecule has 2 amide bonds. The number of rotatable bonds is 7. The van der Waals surface area contributed by atoms with Crippen molar-refractivity contribution in [3.8, 4) is 0 Å². The van der Waals surface area contributed by atoms with E-state index in [9.17, 15) is 9.59 Å². The first-order valence-electron chi connectivity index (χ1n) is 8.29. The summed E-state index contributed by atoms with van der Waals surface area (Å²) in [5.41, 5.74) is 11.2. The van der Waals surface area contributed by atoms with Crippen molar-refractivity contribution in [2.75, 3.05) is 30.9 Å². The van der Waals surface area contributed by atoms with Crippen molar-refractivity contribution in [3.05, 3.63) is 65.9 Å². The summed E-state index contributed by atoms with van der Waals surface area (Å²) in [7, 11) is 3.84. The molecule has 2 rings (SSSR count). The molecule has 0 aliphatic rings. The third-order valence-electron chi connectivity index (χ3n) is 3.81. The number of nitrogens with zero attached hydrogens (tertiary/aromatic N) is 1. The van der Waals surface area contributed by atoms with Gasteiger partial charge in [-0.05, 0) is 30.3 Å². The van der Waals surface area contributed by atoms with Gasteiger partial charge in [0.25, 0.3) is 5.91 Å². The van der Waals surface area contributed by atoms with Gasteiger partial charge in [-0.2, -0.15) is 0 Å². The molecule has 0 atom stereocenters. The number of amides is 2. The SMILES string of the molecule is CN(C)c1ccc(C(=O)NCC(=O)Nc2ccccc2/C(N)=C/NN)cc1. The first-order valence-corrected chi connectivity index (χ1v) is 8.29. The van der Waals surface area contributed by atoms with Gasteiger partial charge in [0.1, 0.15) is 0 Å². The molecule has 7 N–H and O–H groups in total. The van der Waals surface area contributed by atoms with E-state index >= 15 is 0 Å². The van der Waals surface area contributed by atoms with Crippen LogP contribution >= 0.6 is 0 Å². The summed E-state index contributed by atoms with van der Waals surface area (Å²) in [5.74, 6) is 4.55. The fraction of sp³-hybridized carbons (Fsp3) is 0.158. The number of nitrogens with one attached hydrogen (secondary N) is 3. The van der Waals surface area contributed by atoms with Gasteiger partial charge in [-0.15, -0.1) is 0 Å². The van der Waals surface area contributed by atoms with Crippen LogP contribution in [0.3, 0.4) is 0 Å². The smallest absolute Gasteiger partial charge is 0.251 e. The zero-order chi connectivity index (χ0) is 19.8. The van der Waals surface area contributed by atoms with Crippen LogP contribution in [-0.4, -0.2) is 32.5 Å². The van der Waals surface area contributed by atoms with E-state index in [2.05, 4.69) is 16.1 Å². The van der Waals surface area contributed by atoms with Crippen LogP contribution in [0.5, 0.6) is 0 Å². The molecule has 0 unspecified atom stereocenters. The third kappa shape index (κ3) is 5.48. The van der Waals surface area contributed by atoms with Crippen LogP contribution in [0.15, 0.2) is 54.7 Å². The summed E-state index contributed by atoms with van der Waals surface area (Å²) in [6, 6.07) is 14.1. The minimum Gasteiger partial charge on any atom is -0.397 e. The molecule has 0 saturated heterocycles. The summed E-state index contributed by atoms with van der Waals surface area (Å²) < 4.78 is 0. The largest absolute Gasteiger partial charge is 0.397 e. The maximum atomic E-state index is 12.2. The standard InChI is InChI=1S/C19H24N6O2/c1-25(2)14-9-7-13(8-10-14)19(27)22-12-18(26)24-17-6-4-3-5-15(17)16(20)11-23-21/h3-11,23H,12,20-21H2,1-2H3,(H,22,27)(H,24,26)/b16-11-. The molecule has 0 heterocycles. The second-order valence-electron chi connectivity index (χ2n) is 5.98. The lowest BCUT2D eigenvalue weighted by molar-refractivity contribution is -0.115. The second kappa shape index (κ2) is 9.25. The quantitative estimate of drug-likeness (QED) is 0.364. The maximum absolute atomic E-state index is 12.2. The first kappa shape index (κ1) is 19.8. The number of anilines is 2. The van der Waals surface area contributed by atoms with Gasteiger partial charge in [0, 0.05) is 37.1 Å². The molecule has 0 radical (unpaired) electrons. The Kier molecular flexibility index (Phi) is 6.79. The molecule has 0 saturated carbocycles. The molecular formula is C19H24N6O2. The van der Waals surface area contributed by atoms with Crippen LogP contribution in [0.2, 0.25) is 0 Å². The highest BCUT2D eigenvalue weighted by Crippen LogP contribution is 2.19. The molecule has 2 aromatic rings. The Labute approximate surface area is 158 Å². The van der Waals surface area contributed by atoms with Crippen molar-refractivity contribution in [2.24, 2.45) is 11.6 Å². The summed E-state index contributed by atoms with van der Waals surface area (Å²) in [6.45, 7) is -0.165. The number of carbonyl (C=O) groups is 2. The van der Waals surface area contributed by atoms with E-state index < -0.39 is 0 Å². The summed E-state index contributed by atoms with van der Waals surface area (Å²) in [6.07, 6.45) is 1.42. The summed E-state index contributed by atoms with van der Waals surface area (Å²) in [4.78, 5) is 26.3. The van der Waals surface area contributed by atoms with Gasteiger partial charge in [0.05, 0.1) is 17.9 Å². The van der Waals surface area contributed by atoms with Gasteiger partial charge in [-0.1, -0.05) is 18.2 Å². The topological polar surface area (TPSA) is 126 Å². The third-order valence-corrected chi connectivity index (χ3v) is 3.81. The number of hydrogen-bond acceptors (Lipinski definition) is 6. The number of carbonyl (C=O) groups excluding carboxylic acids is 2. The van der Waals surface area contributed by atoms with E-state index in [0.29, 0.717) is 22.5 Å². The van der Waals surface area contributed by atoms with E-state index in [1.165, 1.54) is 6.20 Å². The zero-order valence-electron chi connectivity index (χ0n) is 15.3. The molecule has 0 bridgehead atoms. The van der Waals surface area contributed by atoms with Gasteiger partial charge in [-0.25, -0.2) is 0 Å². The second-order valence-corrected chi connectivity index (χ2v) is 5.98.